The highest BCUT2D eigenvalue weighted by atomic mass is 35.5. The zero-order valence-electron chi connectivity index (χ0n) is 35.1. The topological polar surface area (TPSA) is 243 Å². The van der Waals surface area contributed by atoms with Crippen LogP contribution in [0, 0.1) is 0 Å². The van der Waals surface area contributed by atoms with Crippen molar-refractivity contribution in [2.24, 2.45) is 5.73 Å². The predicted molar refractivity (Wildman–Crippen MR) is 233 cm³/mol. The van der Waals surface area contributed by atoms with E-state index in [0.717, 1.165) is 23.1 Å². The quantitative estimate of drug-likeness (QED) is 0.0464. The van der Waals surface area contributed by atoms with Gasteiger partial charge < -0.3 is 41.7 Å². The van der Waals surface area contributed by atoms with E-state index in [0.29, 0.717) is 36.3 Å². The van der Waals surface area contributed by atoms with E-state index in [-0.39, 0.29) is 46.4 Å². The first-order valence-corrected chi connectivity index (χ1v) is 20.5. The van der Waals surface area contributed by atoms with Gasteiger partial charge in [0.15, 0.2) is 6.29 Å². The van der Waals surface area contributed by atoms with Gasteiger partial charge in [0.2, 0.25) is 23.6 Å². The van der Waals surface area contributed by atoms with Crippen LogP contribution in [-0.2, 0) is 39.9 Å². The van der Waals surface area contributed by atoms with Crippen LogP contribution in [0.1, 0.15) is 71.0 Å². The summed E-state index contributed by atoms with van der Waals surface area (Å²) >= 11 is 6.04. The number of hydrogen-bond donors (Lipinski definition) is 6. The summed E-state index contributed by atoms with van der Waals surface area (Å²) in [5.74, 6) is -6.20. The van der Waals surface area contributed by atoms with Crippen LogP contribution >= 0.6 is 11.6 Å². The maximum Gasteiger partial charge on any atom is 0.376 e. The molecule has 17 heteroatoms. The van der Waals surface area contributed by atoms with E-state index in [9.17, 15) is 43.5 Å². The lowest BCUT2D eigenvalue weighted by atomic mass is 9.91. The number of nitrogens with zero attached hydrogens (tertiary/aromatic N) is 1. The van der Waals surface area contributed by atoms with Crippen LogP contribution in [0.15, 0.2) is 84.9 Å². The van der Waals surface area contributed by atoms with Gasteiger partial charge in [0.1, 0.15) is 29.9 Å². The van der Waals surface area contributed by atoms with Crippen LogP contribution < -0.4 is 27.0 Å². The molecule has 0 saturated heterocycles. The Hall–Kier alpha value is -6.91. The Morgan fingerprint density at radius 2 is 1.57 bits per heavy atom. The summed E-state index contributed by atoms with van der Waals surface area (Å²) in [5, 5.41) is 22.2. The second kappa shape index (κ2) is 21.3. The summed E-state index contributed by atoms with van der Waals surface area (Å²) in [6.07, 6.45) is 1.51. The summed E-state index contributed by atoms with van der Waals surface area (Å²) in [7, 11) is 2.38. The van der Waals surface area contributed by atoms with Crippen molar-refractivity contribution in [3.8, 4) is 28.0 Å². The van der Waals surface area contributed by atoms with Gasteiger partial charge >= 0.3 is 5.97 Å². The number of nitrogens with two attached hydrogens (primary N) is 1. The van der Waals surface area contributed by atoms with Gasteiger partial charge in [-0.15, -0.1) is 0 Å². The third-order valence-electron chi connectivity index (χ3n) is 10.7. The van der Waals surface area contributed by atoms with Gasteiger partial charge in [-0.2, -0.15) is 0 Å². The fourth-order valence-electron chi connectivity index (χ4n) is 7.13. The van der Waals surface area contributed by atoms with Crippen LogP contribution in [0.5, 0.6) is 5.75 Å². The number of unbranched alkanes of at least 4 members (excludes halogenated alkanes) is 1. The Morgan fingerprint density at radius 3 is 2.21 bits per heavy atom. The third-order valence-corrected chi connectivity index (χ3v) is 10.9. The Morgan fingerprint density at radius 1 is 0.905 bits per heavy atom. The number of ketones is 1. The van der Waals surface area contributed by atoms with E-state index in [1.54, 1.807) is 36.4 Å². The summed E-state index contributed by atoms with van der Waals surface area (Å²) in [4.78, 5) is 108. The van der Waals surface area contributed by atoms with Gasteiger partial charge in [-0.1, -0.05) is 54.1 Å². The first kappa shape index (κ1) is 47.1. The number of Topliss-reactive ketones (excluding diaryl/α,β-unsaturated/α-hetero) is 1. The molecule has 1 aliphatic heterocycles. The molecule has 0 saturated carbocycles. The Balaban J connectivity index is 1.51. The molecule has 16 nitrogen and oxygen atoms in total. The molecular formula is C46H49ClN6O10. The van der Waals surface area contributed by atoms with Crippen molar-refractivity contribution < 1.29 is 48.2 Å². The van der Waals surface area contributed by atoms with Gasteiger partial charge in [0.25, 0.3) is 11.7 Å². The molecule has 4 bridgehead atoms. The molecule has 1 aliphatic rings. The van der Waals surface area contributed by atoms with E-state index in [4.69, 9.17) is 17.3 Å². The standard InChI is InChI=1S/C46H49ClN6O10/c1-25(40(56)46(62)63-4)49-43(59)37-22-27-8-19-38(55)35(21-27)34-23-31(13-14-32(34)24-54)39(44(60)50-26(2)41(57)52-37)53(3)45(61)36(7-5-6-20-48)51-42(58)30-11-9-28(10-12-30)29-15-17-33(47)18-16-29/h8-19,21,23-26,36-37,39,55H,5-7,20,22,48H2,1-4H3,(H,49,59)(H,50,60)(H,51,58)(H,52,57)/t25-,26-,36-,37-,39-/m0/s1. The number of rotatable bonds is 14. The van der Waals surface area contributed by atoms with Crippen LogP contribution in [0.25, 0.3) is 22.3 Å². The van der Waals surface area contributed by atoms with E-state index < -0.39 is 71.5 Å². The number of aldehydes is 1. The molecular weight excluding hydrogens is 832 g/mol. The summed E-state index contributed by atoms with van der Waals surface area (Å²) < 4.78 is 4.47. The largest absolute Gasteiger partial charge is 0.507 e. The predicted octanol–water partition coefficient (Wildman–Crippen LogP) is 3.41. The SMILES string of the molecule is COC(=O)C(=O)[C@H](C)NC(=O)[C@@H]1Cc2ccc(O)c(c2)-c2cc(ccc2C=O)[C@H](N(C)C(=O)[C@H](CCCCN)NC(=O)c2ccc(-c3ccc(Cl)cc3)cc2)C(=O)N[C@@H](C)C(=O)N1. The molecule has 63 heavy (non-hydrogen) atoms. The molecule has 4 aromatic carbocycles. The molecule has 0 aromatic heterocycles. The molecule has 1 heterocycles. The Labute approximate surface area is 368 Å². The number of aromatic hydroxyl groups is 1. The maximum atomic E-state index is 14.6. The number of halogens is 1. The van der Waals surface area contributed by atoms with Crippen molar-refractivity contribution in [1.29, 1.82) is 0 Å². The van der Waals surface area contributed by atoms with Crippen molar-refractivity contribution >= 4 is 59.2 Å². The van der Waals surface area contributed by atoms with Gasteiger partial charge in [-0.25, -0.2) is 4.79 Å². The van der Waals surface area contributed by atoms with Gasteiger partial charge in [0, 0.05) is 35.2 Å². The number of phenolic OH excluding ortho intramolecular Hbond substituents is 1. The number of ether oxygens (including phenoxy) is 1. The van der Waals surface area contributed by atoms with Crippen molar-refractivity contribution in [3.63, 3.8) is 0 Å². The number of fused-ring (bicyclic) bond motifs is 5. The minimum atomic E-state index is -1.47. The molecule has 5 atom stereocenters. The minimum Gasteiger partial charge on any atom is -0.507 e. The number of likely N-dealkylation sites (N-methyl/N-ethyl adjacent to an activating group) is 1. The number of methoxy groups -OCH3 is 1. The summed E-state index contributed by atoms with van der Waals surface area (Å²) in [6, 6.07) is 16.0. The first-order valence-electron chi connectivity index (χ1n) is 20.1. The number of benzene rings is 4. The van der Waals surface area contributed by atoms with Gasteiger partial charge in [-0.3, -0.25) is 33.6 Å². The van der Waals surface area contributed by atoms with E-state index >= 15 is 0 Å². The zero-order chi connectivity index (χ0) is 46.0. The highest BCUT2D eigenvalue weighted by molar-refractivity contribution is 6.36. The minimum absolute atomic E-state index is 0.117. The normalized spacial score (nSPS) is 17.1. The molecule has 0 radical (unpaired) electrons. The van der Waals surface area contributed by atoms with Crippen molar-refractivity contribution in [1.82, 2.24) is 26.2 Å². The molecule has 4 aromatic rings. The average Bonchev–Trinajstić information content (AvgIpc) is 3.28. The van der Waals surface area contributed by atoms with E-state index in [1.807, 2.05) is 12.1 Å². The van der Waals surface area contributed by atoms with Crippen LogP contribution in [0.4, 0.5) is 0 Å². The number of hydrogen-bond acceptors (Lipinski definition) is 11. The fraction of sp³-hybridized carbons (Fsp3) is 0.304. The van der Waals surface area contributed by atoms with Crippen LogP contribution in [0.2, 0.25) is 5.02 Å². The second-order valence-electron chi connectivity index (χ2n) is 15.1. The Bertz CT molecular complexity index is 2390. The van der Waals surface area contributed by atoms with E-state index in [2.05, 4.69) is 26.0 Å². The third kappa shape index (κ3) is 11.5. The molecule has 7 N–H and O–H groups in total. The van der Waals surface area contributed by atoms with Gasteiger partial charge in [-0.05, 0) is 110 Å². The lowest BCUT2D eigenvalue weighted by molar-refractivity contribution is -0.152. The van der Waals surface area contributed by atoms with Crippen LogP contribution in [-0.4, -0.2) is 102 Å². The number of nitrogens with one attached hydrogen (secondary N) is 4. The average molecular weight is 881 g/mol. The number of phenols is 1. The smallest absolute Gasteiger partial charge is 0.376 e. The molecule has 330 valence electrons. The van der Waals surface area contributed by atoms with Crippen LogP contribution in [0.3, 0.4) is 0 Å². The van der Waals surface area contributed by atoms with Crippen molar-refractivity contribution in [2.45, 2.75) is 69.7 Å². The highest BCUT2D eigenvalue weighted by Gasteiger charge is 2.36. The number of amides is 5. The molecule has 5 rings (SSSR count). The van der Waals surface area contributed by atoms with Gasteiger partial charge in [0.05, 0.1) is 13.2 Å². The second-order valence-corrected chi connectivity index (χ2v) is 15.6. The molecule has 5 amide bonds. The van der Waals surface area contributed by atoms with Crippen molar-refractivity contribution in [3.05, 3.63) is 112 Å². The lowest BCUT2D eigenvalue weighted by Gasteiger charge is -2.32. The van der Waals surface area contributed by atoms with E-state index in [1.165, 1.54) is 57.3 Å². The summed E-state index contributed by atoms with van der Waals surface area (Å²) in [5.41, 5.74) is 8.80. The fourth-order valence-corrected chi connectivity index (χ4v) is 7.26. The monoisotopic (exact) mass is 880 g/mol. The number of carbonyl (C=O) groups is 8. The number of carbonyl (C=O) groups excluding carboxylic acids is 8. The molecule has 0 unspecified atom stereocenters. The zero-order valence-corrected chi connectivity index (χ0v) is 35.9. The molecule has 0 spiro atoms. The lowest BCUT2D eigenvalue weighted by Crippen LogP contribution is -2.57. The first-order chi connectivity index (χ1) is 30.1. The summed E-state index contributed by atoms with van der Waals surface area (Å²) in [6.45, 7) is 2.96. The molecule has 0 fully saturated rings. The number of esters is 1. The maximum absolute atomic E-state index is 14.6. The molecule has 0 aliphatic carbocycles. The highest BCUT2D eigenvalue weighted by Crippen LogP contribution is 2.36. The Kier molecular flexibility index (Phi) is 15.9. The van der Waals surface area contributed by atoms with Crippen molar-refractivity contribution in [2.75, 3.05) is 20.7 Å².